The van der Waals surface area contributed by atoms with Crippen LogP contribution < -0.4 is 9.64 Å². The molecule has 1 saturated carbocycles. The zero-order valence-corrected chi connectivity index (χ0v) is 21.1. The van der Waals surface area contributed by atoms with Crippen molar-refractivity contribution in [3.05, 3.63) is 95.8 Å². The molecule has 2 aliphatic heterocycles. The van der Waals surface area contributed by atoms with Gasteiger partial charge in [-0.15, -0.1) is 23.5 Å². The van der Waals surface area contributed by atoms with E-state index in [0.29, 0.717) is 10.7 Å². The minimum Gasteiger partial charge on any atom is -0.489 e. The van der Waals surface area contributed by atoms with Crippen molar-refractivity contribution >= 4 is 35.1 Å². The summed E-state index contributed by atoms with van der Waals surface area (Å²) in [7, 11) is 0. The summed E-state index contributed by atoms with van der Waals surface area (Å²) in [5.74, 6) is 3.12. The van der Waals surface area contributed by atoms with E-state index in [0.717, 1.165) is 48.2 Å². The predicted octanol–water partition coefficient (Wildman–Crippen LogP) is 7.23. The van der Waals surface area contributed by atoms with Gasteiger partial charge in [0.05, 0.1) is 15.5 Å². The van der Waals surface area contributed by atoms with Crippen LogP contribution in [0.4, 0.5) is 10.1 Å². The number of ether oxygens (including phenoxy) is 1. The minimum absolute atomic E-state index is 0.0441. The summed E-state index contributed by atoms with van der Waals surface area (Å²) in [6, 6.07) is 24.6. The number of carbonyl (C=O) groups is 1. The van der Waals surface area contributed by atoms with E-state index in [9.17, 15) is 9.18 Å². The van der Waals surface area contributed by atoms with Gasteiger partial charge in [0.25, 0.3) is 0 Å². The molecule has 180 valence electrons. The lowest BCUT2D eigenvalue weighted by atomic mass is 9.59. The summed E-state index contributed by atoms with van der Waals surface area (Å²) in [5.41, 5.74) is 2.63. The van der Waals surface area contributed by atoms with Crippen LogP contribution in [0.3, 0.4) is 0 Å². The second-order valence-corrected chi connectivity index (χ2v) is 12.9. The van der Waals surface area contributed by atoms with Crippen LogP contribution in [0.5, 0.6) is 5.75 Å². The third kappa shape index (κ3) is 4.15. The quantitative estimate of drug-likeness (QED) is 0.342. The van der Waals surface area contributed by atoms with Crippen LogP contribution in [0.2, 0.25) is 0 Å². The Morgan fingerprint density at radius 1 is 0.857 bits per heavy atom. The van der Waals surface area contributed by atoms with Gasteiger partial charge in [0.1, 0.15) is 18.2 Å². The highest BCUT2D eigenvalue weighted by molar-refractivity contribution is 8.21. The van der Waals surface area contributed by atoms with Crippen molar-refractivity contribution in [1.29, 1.82) is 0 Å². The summed E-state index contributed by atoms with van der Waals surface area (Å²) in [4.78, 5) is 15.6. The number of benzene rings is 3. The van der Waals surface area contributed by atoms with Gasteiger partial charge in [0.15, 0.2) is 0 Å². The van der Waals surface area contributed by atoms with E-state index in [4.69, 9.17) is 4.74 Å². The topological polar surface area (TPSA) is 29.5 Å². The first-order chi connectivity index (χ1) is 17.1. The molecule has 3 aromatic carbocycles. The number of nitrogens with zero attached hydrogens (tertiary/aromatic N) is 1. The largest absolute Gasteiger partial charge is 0.489 e. The Labute approximate surface area is 214 Å². The molecule has 6 heteroatoms. The average molecular weight is 506 g/mol. The molecular weight excluding hydrogens is 477 g/mol. The SMILES string of the molecule is O=C1N(c2ccc(F)cc2)[C@H](c2ccc(OCc3ccccc3)cc2)C12CCC1(CC2)SCCS1. The van der Waals surface area contributed by atoms with E-state index in [2.05, 4.69) is 47.8 Å². The minimum atomic E-state index is -0.379. The van der Waals surface area contributed by atoms with E-state index >= 15 is 0 Å². The number of halogens is 1. The number of rotatable bonds is 5. The highest BCUT2D eigenvalue weighted by Gasteiger charge is 2.63. The van der Waals surface area contributed by atoms with E-state index in [1.165, 1.54) is 23.6 Å². The van der Waals surface area contributed by atoms with Gasteiger partial charge in [-0.1, -0.05) is 42.5 Å². The molecule has 6 rings (SSSR count). The van der Waals surface area contributed by atoms with Gasteiger partial charge in [-0.25, -0.2) is 4.39 Å². The molecule has 3 aliphatic rings. The smallest absolute Gasteiger partial charge is 0.236 e. The zero-order chi connectivity index (χ0) is 23.9. The van der Waals surface area contributed by atoms with Gasteiger partial charge < -0.3 is 9.64 Å². The molecule has 1 atom stereocenters. The van der Waals surface area contributed by atoms with E-state index < -0.39 is 0 Å². The van der Waals surface area contributed by atoms with Crippen LogP contribution in [0.1, 0.15) is 42.9 Å². The number of hydrogen-bond acceptors (Lipinski definition) is 4. The second kappa shape index (κ2) is 9.21. The molecule has 0 unspecified atom stereocenters. The Morgan fingerprint density at radius 2 is 1.51 bits per heavy atom. The third-order valence-corrected chi connectivity index (χ3v) is 11.3. The number of thioether (sulfide) groups is 2. The van der Waals surface area contributed by atoms with Crippen LogP contribution in [-0.2, 0) is 11.4 Å². The summed E-state index contributed by atoms with van der Waals surface area (Å²) in [6.45, 7) is 0.519. The Kier molecular flexibility index (Phi) is 6.05. The molecule has 35 heavy (non-hydrogen) atoms. The molecule has 0 bridgehead atoms. The maximum atomic E-state index is 13.7. The summed E-state index contributed by atoms with van der Waals surface area (Å²) >= 11 is 4.17. The Balaban J connectivity index is 1.26. The van der Waals surface area contributed by atoms with E-state index in [1.54, 1.807) is 12.1 Å². The molecule has 3 fully saturated rings. The van der Waals surface area contributed by atoms with Crippen LogP contribution in [0.25, 0.3) is 0 Å². The lowest BCUT2D eigenvalue weighted by molar-refractivity contribution is -0.143. The summed E-state index contributed by atoms with van der Waals surface area (Å²) < 4.78 is 19.9. The zero-order valence-electron chi connectivity index (χ0n) is 19.5. The second-order valence-electron chi connectivity index (χ2n) is 9.66. The van der Waals surface area contributed by atoms with Crippen molar-refractivity contribution in [3.63, 3.8) is 0 Å². The van der Waals surface area contributed by atoms with Crippen LogP contribution in [0, 0.1) is 11.2 Å². The van der Waals surface area contributed by atoms with Gasteiger partial charge >= 0.3 is 0 Å². The molecule has 2 spiro atoms. The normalized spacial score (nSPS) is 22.4. The fraction of sp³-hybridized carbons (Fsp3) is 0.345. The first-order valence-corrected chi connectivity index (χ1v) is 14.2. The first-order valence-electron chi connectivity index (χ1n) is 12.2. The van der Waals surface area contributed by atoms with Gasteiger partial charge in [-0.05, 0) is 73.2 Å². The van der Waals surface area contributed by atoms with Crippen molar-refractivity contribution in [2.75, 3.05) is 16.4 Å². The Hall–Kier alpha value is -2.44. The molecule has 3 aromatic rings. The highest BCUT2D eigenvalue weighted by Crippen LogP contribution is 2.65. The maximum absolute atomic E-state index is 13.7. The molecule has 2 saturated heterocycles. The number of carbonyl (C=O) groups excluding carboxylic acids is 1. The van der Waals surface area contributed by atoms with Gasteiger partial charge in [-0.2, -0.15) is 0 Å². The lowest BCUT2D eigenvalue weighted by Gasteiger charge is -2.59. The summed E-state index contributed by atoms with van der Waals surface area (Å²) in [5, 5.41) is 0. The Morgan fingerprint density at radius 3 is 2.17 bits per heavy atom. The van der Waals surface area contributed by atoms with Crippen LogP contribution in [-0.4, -0.2) is 21.5 Å². The van der Waals surface area contributed by atoms with Gasteiger partial charge in [0, 0.05) is 17.2 Å². The van der Waals surface area contributed by atoms with Crippen molar-refractivity contribution in [2.45, 2.75) is 42.4 Å². The molecular formula is C29H28FNO2S2. The number of anilines is 1. The van der Waals surface area contributed by atoms with Crippen LogP contribution in [0.15, 0.2) is 78.9 Å². The first kappa shape index (κ1) is 23.0. The Bertz CT molecular complexity index is 1180. The molecule has 0 N–H and O–H groups in total. The van der Waals surface area contributed by atoms with Crippen molar-refractivity contribution in [3.8, 4) is 5.75 Å². The summed E-state index contributed by atoms with van der Waals surface area (Å²) in [6.07, 6.45) is 3.95. The van der Waals surface area contributed by atoms with E-state index in [-0.39, 0.29) is 23.2 Å². The van der Waals surface area contributed by atoms with Crippen LogP contribution >= 0.6 is 23.5 Å². The fourth-order valence-corrected chi connectivity index (χ4v) is 9.06. The predicted molar refractivity (Wildman–Crippen MR) is 142 cm³/mol. The molecule has 3 nitrogen and oxygen atoms in total. The van der Waals surface area contributed by atoms with Gasteiger partial charge in [0.2, 0.25) is 5.91 Å². The van der Waals surface area contributed by atoms with Crippen molar-refractivity contribution in [2.24, 2.45) is 5.41 Å². The standard InChI is InChI=1S/C29H28FNO2S2/c30-23-8-10-24(11-9-23)31-26(28(27(31)32)14-16-29(17-15-28)34-18-19-35-29)22-6-12-25(13-7-22)33-20-21-4-2-1-3-5-21/h1-13,26H,14-20H2/t26-/m1/s1. The number of hydrogen-bond donors (Lipinski definition) is 0. The highest BCUT2D eigenvalue weighted by atomic mass is 32.2. The molecule has 1 aliphatic carbocycles. The third-order valence-electron chi connectivity index (χ3n) is 7.69. The molecule has 0 radical (unpaired) electrons. The van der Waals surface area contributed by atoms with Crippen molar-refractivity contribution in [1.82, 2.24) is 0 Å². The molecule has 1 amide bonds. The fourth-order valence-electron chi connectivity index (χ4n) is 5.83. The average Bonchev–Trinajstić information content (AvgIpc) is 3.36. The lowest BCUT2D eigenvalue weighted by Crippen LogP contribution is -2.65. The molecule has 2 heterocycles. The molecule has 0 aromatic heterocycles. The number of β-lactam (4-membered cyclic amide) rings is 1. The maximum Gasteiger partial charge on any atom is 0.236 e. The monoisotopic (exact) mass is 505 g/mol. The van der Waals surface area contributed by atoms with Crippen molar-refractivity contribution < 1.29 is 13.9 Å². The number of amides is 1. The van der Waals surface area contributed by atoms with Gasteiger partial charge in [-0.3, -0.25) is 4.79 Å². The van der Waals surface area contributed by atoms with E-state index in [1.807, 2.05) is 35.2 Å².